The van der Waals surface area contributed by atoms with Gasteiger partial charge >= 0.3 is 0 Å². The van der Waals surface area contributed by atoms with Gasteiger partial charge in [-0.1, -0.05) is 0 Å². The van der Waals surface area contributed by atoms with E-state index in [4.69, 9.17) is 0 Å². The molecule has 32 valence electrons. The maximum atomic E-state index is 9.43. The van der Waals surface area contributed by atoms with Crippen molar-refractivity contribution >= 4 is 16.9 Å². The van der Waals surface area contributed by atoms with Gasteiger partial charge in [0.25, 0.3) is 0 Å². The van der Waals surface area contributed by atoms with Gasteiger partial charge in [0.05, 0.1) is 0 Å². The molecule has 0 aromatic rings. The molecule has 0 spiro atoms. The Morgan fingerprint density at radius 3 is 1.50 bits per heavy atom. The second-order valence-electron chi connectivity index (χ2n) is 0.509. The zero-order chi connectivity index (χ0) is 4.83. The number of hydrogen-bond acceptors (Lipinski definition) is 2. The summed E-state index contributed by atoms with van der Waals surface area (Å²) in [5.74, 6) is 2.54. The van der Waals surface area contributed by atoms with Crippen molar-refractivity contribution in [1.82, 2.24) is 0 Å². The highest BCUT2D eigenvalue weighted by Crippen LogP contribution is 1.99. The SMILES string of the molecule is O=P/C=C/P=O. The lowest BCUT2D eigenvalue weighted by Crippen LogP contribution is -1.18. The van der Waals surface area contributed by atoms with Gasteiger partial charge in [0.15, 0.2) is 16.9 Å². The Morgan fingerprint density at radius 2 is 1.33 bits per heavy atom. The Morgan fingerprint density at radius 1 is 1.00 bits per heavy atom. The number of rotatable bonds is 2. The minimum absolute atomic E-state index is 0.0921. The molecule has 0 saturated heterocycles. The van der Waals surface area contributed by atoms with Gasteiger partial charge in [0.1, 0.15) is 0 Å². The van der Waals surface area contributed by atoms with Crippen molar-refractivity contribution < 1.29 is 9.13 Å². The van der Waals surface area contributed by atoms with E-state index in [1.54, 1.807) is 0 Å². The Labute approximate surface area is 38.7 Å². The van der Waals surface area contributed by atoms with Crippen LogP contribution >= 0.6 is 16.9 Å². The molecular formula is C2H2O2P2. The fourth-order valence-corrected chi connectivity index (χ4v) is 0.490. The van der Waals surface area contributed by atoms with E-state index < -0.39 is 0 Å². The third kappa shape index (κ3) is 3.94. The molecule has 0 bridgehead atoms. The monoisotopic (exact) mass is 120 g/mol. The fourth-order valence-electron chi connectivity index (χ4n) is 0.0544. The van der Waals surface area contributed by atoms with E-state index in [0.29, 0.717) is 0 Å². The van der Waals surface area contributed by atoms with Crippen LogP contribution in [0.4, 0.5) is 0 Å². The van der Waals surface area contributed by atoms with E-state index in [2.05, 4.69) is 0 Å². The van der Waals surface area contributed by atoms with Gasteiger partial charge in [0.2, 0.25) is 0 Å². The third-order valence-corrected chi connectivity index (χ3v) is 0.965. The Balaban J connectivity index is 3.17. The smallest absolute Gasteiger partial charge is 0.184 e. The molecule has 0 radical (unpaired) electrons. The first-order chi connectivity index (χ1) is 2.91. The van der Waals surface area contributed by atoms with Crippen molar-refractivity contribution in [3.8, 4) is 0 Å². The van der Waals surface area contributed by atoms with Crippen LogP contribution in [0, 0.1) is 0 Å². The van der Waals surface area contributed by atoms with Crippen LogP contribution in [-0.2, 0) is 9.13 Å². The zero-order valence-electron chi connectivity index (χ0n) is 2.87. The van der Waals surface area contributed by atoms with E-state index >= 15 is 0 Å². The maximum absolute atomic E-state index is 9.43. The molecule has 0 heterocycles. The van der Waals surface area contributed by atoms with Crippen molar-refractivity contribution in [2.24, 2.45) is 0 Å². The summed E-state index contributed by atoms with van der Waals surface area (Å²) in [6.45, 7) is 0. The lowest BCUT2D eigenvalue weighted by Gasteiger charge is -1.49. The van der Waals surface area contributed by atoms with E-state index in [0.717, 1.165) is 0 Å². The molecule has 0 aliphatic rings. The predicted octanol–water partition coefficient (Wildman–Crippen LogP) is 2.04. The largest absolute Gasteiger partial charge is 0.270 e. The summed E-state index contributed by atoms with van der Waals surface area (Å²) in [7, 11) is -0.184. The van der Waals surface area contributed by atoms with Crippen LogP contribution in [0.15, 0.2) is 11.6 Å². The van der Waals surface area contributed by atoms with Crippen molar-refractivity contribution in [2.45, 2.75) is 0 Å². The van der Waals surface area contributed by atoms with Crippen LogP contribution in [0.1, 0.15) is 0 Å². The van der Waals surface area contributed by atoms with Gasteiger partial charge in [-0.05, 0) is 0 Å². The maximum Gasteiger partial charge on any atom is 0.184 e. The van der Waals surface area contributed by atoms with E-state index in [9.17, 15) is 9.13 Å². The Kier molecular flexibility index (Phi) is 4.89. The molecule has 4 heteroatoms. The quantitative estimate of drug-likeness (QED) is 0.522. The van der Waals surface area contributed by atoms with E-state index in [1.165, 1.54) is 11.6 Å². The summed E-state index contributed by atoms with van der Waals surface area (Å²) < 4.78 is 18.9. The van der Waals surface area contributed by atoms with Crippen LogP contribution in [0.2, 0.25) is 0 Å². The molecule has 0 aromatic heterocycles. The van der Waals surface area contributed by atoms with Crippen LogP contribution in [0.5, 0.6) is 0 Å². The molecule has 2 nitrogen and oxygen atoms in total. The van der Waals surface area contributed by atoms with Gasteiger partial charge in [-0.25, -0.2) is 0 Å². The van der Waals surface area contributed by atoms with Crippen LogP contribution in [0.3, 0.4) is 0 Å². The third-order valence-electron chi connectivity index (χ3n) is 0.188. The van der Waals surface area contributed by atoms with Gasteiger partial charge in [-0.15, -0.1) is 0 Å². The van der Waals surface area contributed by atoms with Gasteiger partial charge in [-0.2, -0.15) is 0 Å². The summed E-state index contributed by atoms with van der Waals surface area (Å²) >= 11 is 0. The highest BCUT2D eigenvalue weighted by atomic mass is 31.1. The Hall–Kier alpha value is -0.0600. The van der Waals surface area contributed by atoms with Gasteiger partial charge in [-0.3, -0.25) is 9.13 Å². The first-order valence-electron chi connectivity index (χ1n) is 1.21. The minimum atomic E-state index is -0.0921. The summed E-state index contributed by atoms with van der Waals surface area (Å²) in [4.78, 5) is 0. The Bertz CT molecular complexity index is 67.6. The molecule has 0 saturated carbocycles. The van der Waals surface area contributed by atoms with Gasteiger partial charge < -0.3 is 0 Å². The topological polar surface area (TPSA) is 34.1 Å². The molecule has 0 aliphatic carbocycles. The predicted molar refractivity (Wildman–Crippen MR) is 24.4 cm³/mol. The summed E-state index contributed by atoms with van der Waals surface area (Å²) in [6, 6.07) is 0. The molecule has 0 aliphatic heterocycles. The fraction of sp³-hybridized carbons (Fsp3) is 0. The first kappa shape index (κ1) is 5.94. The van der Waals surface area contributed by atoms with E-state index in [-0.39, 0.29) is 16.9 Å². The van der Waals surface area contributed by atoms with Crippen LogP contribution in [0.25, 0.3) is 0 Å². The molecule has 0 atom stereocenters. The summed E-state index contributed by atoms with van der Waals surface area (Å²) in [6.07, 6.45) is 0. The normalized spacial score (nSPS) is 11.3. The first-order valence-corrected chi connectivity index (χ1v) is 2.98. The van der Waals surface area contributed by atoms with Crippen molar-refractivity contribution in [2.75, 3.05) is 0 Å². The molecular weight excluding hydrogens is 118 g/mol. The standard InChI is InChI=1S/C2H2O2P2/c3-5-1-2-6-4/h1-2H/b2-1+. The highest BCUT2D eigenvalue weighted by Gasteiger charge is 1.60. The second-order valence-corrected chi connectivity index (χ2v) is 1.53. The summed E-state index contributed by atoms with van der Waals surface area (Å²) in [5.41, 5.74) is 0. The minimum Gasteiger partial charge on any atom is -0.270 e. The zero-order valence-corrected chi connectivity index (χ0v) is 4.65. The average molecular weight is 120 g/mol. The van der Waals surface area contributed by atoms with Crippen LogP contribution in [-0.4, -0.2) is 0 Å². The lowest BCUT2D eigenvalue weighted by molar-refractivity contribution is 0.601. The van der Waals surface area contributed by atoms with Crippen LogP contribution < -0.4 is 0 Å². The van der Waals surface area contributed by atoms with Crippen molar-refractivity contribution in [3.05, 3.63) is 11.6 Å². The van der Waals surface area contributed by atoms with Crippen molar-refractivity contribution in [3.63, 3.8) is 0 Å². The second kappa shape index (κ2) is 4.94. The lowest BCUT2D eigenvalue weighted by atomic mass is 11.3. The molecule has 0 N–H and O–H groups in total. The van der Waals surface area contributed by atoms with E-state index in [1.807, 2.05) is 0 Å². The molecule has 0 unspecified atom stereocenters. The average Bonchev–Trinajstić information content (AvgIpc) is 1.61. The highest BCUT2D eigenvalue weighted by molar-refractivity contribution is 7.32. The van der Waals surface area contributed by atoms with Gasteiger partial charge in [0, 0.05) is 11.6 Å². The molecule has 0 rings (SSSR count). The molecule has 6 heavy (non-hydrogen) atoms. The summed E-state index contributed by atoms with van der Waals surface area (Å²) in [5, 5.41) is 0. The number of hydrogen-bond donors (Lipinski definition) is 0. The molecule has 0 aromatic carbocycles. The molecule has 0 fully saturated rings. The van der Waals surface area contributed by atoms with Crippen molar-refractivity contribution in [1.29, 1.82) is 0 Å². The molecule has 0 amide bonds.